The number of hydrogen-bond donors (Lipinski definition) is 0. The van der Waals surface area contributed by atoms with E-state index in [4.69, 9.17) is 14.2 Å². The van der Waals surface area contributed by atoms with Crippen LogP contribution in [0.4, 0.5) is 34.1 Å². The number of benzene rings is 7. The van der Waals surface area contributed by atoms with Crippen molar-refractivity contribution in [2.45, 2.75) is 5.41 Å². The van der Waals surface area contributed by atoms with E-state index in [1.54, 1.807) is 0 Å². The van der Waals surface area contributed by atoms with E-state index in [2.05, 4.69) is 130 Å². The summed E-state index contributed by atoms with van der Waals surface area (Å²) in [5, 5.41) is 0. The summed E-state index contributed by atoms with van der Waals surface area (Å²) in [6, 6.07) is 56.1. The first kappa shape index (κ1) is 29.2. The van der Waals surface area contributed by atoms with E-state index in [0.717, 1.165) is 85.0 Å². The lowest BCUT2D eigenvalue weighted by Crippen LogP contribution is -2.59. The number of pyridine rings is 1. The summed E-state index contributed by atoms with van der Waals surface area (Å²) in [5.41, 5.74) is 13.7. The van der Waals surface area contributed by atoms with Crippen LogP contribution in [0.1, 0.15) is 22.3 Å². The van der Waals surface area contributed by atoms with E-state index in [1.165, 1.54) is 22.3 Å². The van der Waals surface area contributed by atoms with Crippen LogP contribution in [0.25, 0.3) is 0 Å². The maximum Gasteiger partial charge on any atom is 0.270 e. The highest BCUT2D eigenvalue weighted by Crippen LogP contribution is 2.64. The van der Waals surface area contributed by atoms with Gasteiger partial charge in [-0.15, -0.1) is 0 Å². The molecule has 0 saturated carbocycles. The predicted octanol–water partition coefficient (Wildman–Crippen LogP) is 9.86. The van der Waals surface area contributed by atoms with Gasteiger partial charge < -0.3 is 24.0 Å². The molecular formula is C48H28BN3O3. The van der Waals surface area contributed by atoms with Gasteiger partial charge in [-0.3, -0.25) is 4.98 Å². The smallest absolute Gasteiger partial charge is 0.270 e. The van der Waals surface area contributed by atoms with E-state index in [9.17, 15) is 0 Å². The number of hydrogen-bond acceptors (Lipinski definition) is 6. The fourth-order valence-corrected chi connectivity index (χ4v) is 10.0. The van der Waals surface area contributed by atoms with Crippen molar-refractivity contribution in [2.24, 2.45) is 0 Å². The van der Waals surface area contributed by atoms with Gasteiger partial charge in [0, 0.05) is 34.7 Å². The van der Waals surface area contributed by atoms with Crippen molar-refractivity contribution >= 4 is 57.2 Å². The molecule has 1 aromatic heterocycles. The van der Waals surface area contributed by atoms with Crippen molar-refractivity contribution in [2.75, 3.05) is 9.80 Å². The molecule has 0 radical (unpaired) electrons. The normalized spacial score (nSPS) is 15.0. The highest BCUT2D eigenvalue weighted by molar-refractivity contribution is 6.99. The molecule has 0 saturated heterocycles. The van der Waals surface area contributed by atoms with Crippen LogP contribution in [0.3, 0.4) is 0 Å². The Morgan fingerprint density at radius 3 is 1.24 bits per heavy atom. The number of para-hydroxylation sites is 4. The summed E-state index contributed by atoms with van der Waals surface area (Å²) in [6.45, 7) is -0.0464. The number of nitrogens with zero attached hydrogens (tertiary/aromatic N) is 3. The molecule has 0 bridgehead atoms. The molecule has 0 atom stereocenters. The second kappa shape index (κ2) is 10.5. The fraction of sp³-hybridized carbons (Fsp3) is 0.0208. The molecule has 6 nitrogen and oxygen atoms in total. The fourth-order valence-electron chi connectivity index (χ4n) is 10.0. The minimum atomic E-state index is -0.627. The predicted molar refractivity (Wildman–Crippen MR) is 217 cm³/mol. The summed E-state index contributed by atoms with van der Waals surface area (Å²) < 4.78 is 20.0. The van der Waals surface area contributed by atoms with Crippen molar-refractivity contribution in [1.82, 2.24) is 4.98 Å². The maximum absolute atomic E-state index is 6.82. The lowest BCUT2D eigenvalue weighted by Gasteiger charge is -2.51. The van der Waals surface area contributed by atoms with Crippen molar-refractivity contribution in [3.8, 4) is 34.5 Å². The molecular weight excluding hydrogens is 677 g/mol. The topological polar surface area (TPSA) is 47.1 Å². The van der Waals surface area contributed by atoms with Crippen molar-refractivity contribution in [3.63, 3.8) is 0 Å². The Morgan fingerprint density at radius 2 is 0.800 bits per heavy atom. The average Bonchev–Trinajstić information content (AvgIpc) is 3.24. The first-order valence-electron chi connectivity index (χ1n) is 18.6. The Kier molecular flexibility index (Phi) is 5.56. The van der Waals surface area contributed by atoms with E-state index in [0.29, 0.717) is 0 Å². The van der Waals surface area contributed by atoms with Gasteiger partial charge in [-0.25, -0.2) is 0 Å². The largest absolute Gasteiger partial charge is 0.458 e. The number of aromatic nitrogens is 1. The summed E-state index contributed by atoms with van der Waals surface area (Å²) in [4.78, 5) is 9.28. The highest BCUT2D eigenvalue weighted by atomic mass is 16.5. The van der Waals surface area contributed by atoms with Crippen LogP contribution in [-0.4, -0.2) is 11.7 Å². The molecule has 5 aliphatic heterocycles. The molecule has 7 aromatic carbocycles. The molecule has 8 aromatic rings. The van der Waals surface area contributed by atoms with Crippen molar-refractivity contribution < 1.29 is 14.2 Å². The molecule has 7 heteroatoms. The standard InChI is InChI=1S/C48H28BN3O3/c1-5-17-35-31(13-1)48(32-14-2-6-18-36(32)51(35)29-12-11-25-50-28-29)33-15-3-7-19-37(33)52(38-20-8-4-16-34(38)48)30-26-43-47-44(27-30)55-42-24-10-22-40-46(42)49(47)45-39(53-40)21-9-23-41(45)54-43/h1-28H. The minimum absolute atomic E-state index is 0.0464. The molecule has 5 aliphatic rings. The molecule has 13 rings (SSSR count). The molecule has 0 amide bonds. The third-order valence-corrected chi connectivity index (χ3v) is 12.0. The van der Waals surface area contributed by atoms with E-state index < -0.39 is 5.41 Å². The van der Waals surface area contributed by atoms with Crippen LogP contribution >= 0.6 is 0 Å². The molecule has 0 unspecified atom stereocenters. The summed E-state index contributed by atoms with van der Waals surface area (Å²) >= 11 is 0. The van der Waals surface area contributed by atoms with Crippen LogP contribution in [0.15, 0.2) is 170 Å². The molecule has 1 spiro atoms. The molecule has 0 fully saturated rings. The second-order valence-corrected chi connectivity index (χ2v) is 14.6. The van der Waals surface area contributed by atoms with E-state index >= 15 is 0 Å². The van der Waals surface area contributed by atoms with Crippen molar-refractivity contribution in [1.29, 1.82) is 0 Å². The maximum atomic E-state index is 6.82. The van der Waals surface area contributed by atoms with Gasteiger partial charge in [0.2, 0.25) is 0 Å². The molecule has 0 N–H and O–H groups in total. The number of anilines is 6. The van der Waals surface area contributed by atoms with Gasteiger partial charge in [0.05, 0.1) is 45.7 Å². The Labute approximate surface area is 317 Å². The zero-order valence-corrected chi connectivity index (χ0v) is 29.3. The molecule has 256 valence electrons. The Balaban J connectivity index is 1.07. The third kappa shape index (κ3) is 3.62. The lowest BCUT2D eigenvalue weighted by molar-refractivity contribution is 0.443. The van der Waals surface area contributed by atoms with Crippen LogP contribution in [-0.2, 0) is 5.41 Å². The Bertz CT molecular complexity index is 2790. The SMILES string of the molecule is c1cncc(N2c3ccccc3C3(c4ccccc42)c2ccccc2N(c2cc4c5c(c2)Oc2cccc6c2B5c2c(cccc2O4)O6)c2ccccc23)c1. The van der Waals surface area contributed by atoms with Gasteiger partial charge >= 0.3 is 0 Å². The first-order valence-corrected chi connectivity index (χ1v) is 18.6. The summed E-state index contributed by atoms with van der Waals surface area (Å²) in [7, 11) is 0. The number of rotatable bonds is 2. The van der Waals surface area contributed by atoms with Crippen LogP contribution < -0.4 is 40.4 Å². The van der Waals surface area contributed by atoms with Gasteiger partial charge in [-0.1, -0.05) is 84.9 Å². The zero-order valence-electron chi connectivity index (χ0n) is 29.3. The quantitative estimate of drug-likeness (QED) is 0.167. The van der Waals surface area contributed by atoms with Gasteiger partial charge in [-0.2, -0.15) is 0 Å². The van der Waals surface area contributed by atoms with Gasteiger partial charge in [0.25, 0.3) is 6.71 Å². The van der Waals surface area contributed by atoms with Gasteiger partial charge in [0.1, 0.15) is 34.5 Å². The van der Waals surface area contributed by atoms with Gasteiger partial charge in [-0.05, 0) is 82.9 Å². The average molecular weight is 706 g/mol. The molecule has 55 heavy (non-hydrogen) atoms. The zero-order chi connectivity index (χ0) is 35.8. The van der Waals surface area contributed by atoms with E-state index in [1.807, 2.05) is 54.9 Å². The van der Waals surface area contributed by atoms with Crippen LogP contribution in [0, 0.1) is 0 Å². The molecule has 0 aliphatic carbocycles. The second-order valence-electron chi connectivity index (χ2n) is 14.6. The monoisotopic (exact) mass is 705 g/mol. The Hall–Kier alpha value is -7.25. The first-order chi connectivity index (χ1) is 27.3. The third-order valence-electron chi connectivity index (χ3n) is 12.0. The number of ether oxygens (including phenoxy) is 3. The van der Waals surface area contributed by atoms with Gasteiger partial charge in [0.15, 0.2) is 0 Å². The van der Waals surface area contributed by atoms with Crippen LogP contribution in [0.2, 0.25) is 0 Å². The highest BCUT2D eigenvalue weighted by Gasteiger charge is 2.52. The molecule has 6 heterocycles. The van der Waals surface area contributed by atoms with Crippen molar-refractivity contribution in [3.05, 3.63) is 192 Å². The number of fused-ring (bicyclic) bond motifs is 8. The van der Waals surface area contributed by atoms with Crippen LogP contribution in [0.5, 0.6) is 34.5 Å². The Morgan fingerprint density at radius 1 is 0.400 bits per heavy atom. The van der Waals surface area contributed by atoms with E-state index in [-0.39, 0.29) is 6.71 Å². The minimum Gasteiger partial charge on any atom is -0.458 e. The summed E-state index contributed by atoms with van der Waals surface area (Å²) in [5.74, 6) is 4.86. The lowest BCUT2D eigenvalue weighted by atomic mass is 9.34. The summed E-state index contributed by atoms with van der Waals surface area (Å²) in [6.07, 6.45) is 3.77.